The van der Waals surface area contributed by atoms with Gasteiger partial charge in [-0.3, -0.25) is 4.79 Å². The third kappa shape index (κ3) is 7.88. The number of fused-ring (bicyclic) bond motifs is 1. The Morgan fingerprint density at radius 2 is 1.69 bits per heavy atom. The first kappa shape index (κ1) is 34.3. The molecule has 1 heterocycles. The number of halogens is 1. The van der Waals surface area contributed by atoms with E-state index < -0.39 is 23.4 Å². The number of anilines is 2. The van der Waals surface area contributed by atoms with Gasteiger partial charge in [0.25, 0.3) is 5.91 Å². The van der Waals surface area contributed by atoms with E-state index in [4.69, 9.17) is 23.7 Å². The fourth-order valence-electron chi connectivity index (χ4n) is 5.63. The summed E-state index contributed by atoms with van der Waals surface area (Å²) in [4.78, 5) is 27.2. The molecule has 0 saturated heterocycles. The summed E-state index contributed by atoms with van der Waals surface area (Å²) in [5, 5.41) is 3.35. The molecule has 1 N–H and O–H groups in total. The summed E-state index contributed by atoms with van der Waals surface area (Å²) in [6.07, 6.45) is -0.524. The number of nitrogens with zero attached hydrogens (tertiary/aromatic N) is 1. The molecule has 1 atom stereocenters. The highest BCUT2D eigenvalue weighted by atomic mass is 19.1. The van der Waals surface area contributed by atoms with E-state index >= 15 is 0 Å². The van der Waals surface area contributed by atoms with Gasteiger partial charge in [-0.2, -0.15) is 0 Å². The Morgan fingerprint density at radius 1 is 0.938 bits per heavy atom. The molecule has 9 nitrogen and oxygen atoms in total. The summed E-state index contributed by atoms with van der Waals surface area (Å²) in [6, 6.07) is 23.3. The fourth-order valence-corrected chi connectivity index (χ4v) is 5.63. The van der Waals surface area contributed by atoms with E-state index in [-0.39, 0.29) is 25.7 Å². The van der Waals surface area contributed by atoms with Gasteiger partial charge in [-0.1, -0.05) is 42.5 Å². The molecule has 10 heteroatoms. The Labute approximate surface area is 280 Å². The van der Waals surface area contributed by atoms with Crippen LogP contribution in [0.3, 0.4) is 0 Å². The van der Waals surface area contributed by atoms with Crippen molar-refractivity contribution >= 4 is 23.3 Å². The van der Waals surface area contributed by atoms with Crippen LogP contribution in [0.1, 0.15) is 37.5 Å². The van der Waals surface area contributed by atoms with Crippen molar-refractivity contribution in [3.05, 3.63) is 101 Å². The van der Waals surface area contributed by atoms with Gasteiger partial charge in [0.15, 0.2) is 0 Å². The normalized spacial score (nSPS) is 14.1. The Balaban J connectivity index is 1.34. The van der Waals surface area contributed by atoms with E-state index in [1.54, 1.807) is 44.2 Å². The maximum atomic E-state index is 14.1. The second-order valence-corrected chi connectivity index (χ2v) is 12.3. The third-order valence-electron chi connectivity index (χ3n) is 8.04. The van der Waals surface area contributed by atoms with Crippen LogP contribution in [-0.4, -0.2) is 50.9 Å². The number of aryl methyl sites for hydroxylation is 1. The lowest BCUT2D eigenvalue weighted by Gasteiger charge is -2.39. The molecule has 0 radical (unpaired) electrons. The minimum Gasteiger partial charge on any atom is -0.496 e. The first-order valence-electron chi connectivity index (χ1n) is 15.7. The van der Waals surface area contributed by atoms with Crippen LogP contribution in [0.5, 0.6) is 17.2 Å². The SMILES string of the molecule is COc1cc(OC[C@H](C)OC(=O)COCc2ccccc2)ccc1-c1ccc2c(c1COc1cc(F)ccc1C)N(C)C(=O)C(C)(C)N2. The van der Waals surface area contributed by atoms with Crippen molar-refractivity contribution < 1.29 is 37.7 Å². The average Bonchev–Trinajstić information content (AvgIpc) is 3.06. The topological polar surface area (TPSA) is 95.6 Å². The van der Waals surface area contributed by atoms with E-state index in [1.165, 1.54) is 12.1 Å². The van der Waals surface area contributed by atoms with E-state index in [1.807, 2.05) is 69.3 Å². The lowest BCUT2D eigenvalue weighted by atomic mass is 9.91. The summed E-state index contributed by atoms with van der Waals surface area (Å²) < 4.78 is 43.0. The molecule has 0 spiro atoms. The van der Waals surface area contributed by atoms with Gasteiger partial charge in [0.1, 0.15) is 54.5 Å². The number of likely N-dealkylation sites (N-methyl/N-ethyl adjacent to an activating group) is 1. The number of benzene rings is 4. The summed E-state index contributed by atoms with van der Waals surface area (Å²) >= 11 is 0. The predicted octanol–water partition coefficient (Wildman–Crippen LogP) is 7.08. The smallest absolute Gasteiger partial charge is 0.332 e. The molecule has 5 rings (SSSR count). The number of amides is 1. The second kappa shape index (κ2) is 14.8. The molecule has 0 unspecified atom stereocenters. The van der Waals surface area contributed by atoms with Gasteiger partial charge in [0.05, 0.1) is 25.1 Å². The highest BCUT2D eigenvalue weighted by Gasteiger charge is 2.38. The zero-order chi connectivity index (χ0) is 34.4. The number of methoxy groups -OCH3 is 1. The Morgan fingerprint density at radius 3 is 2.44 bits per heavy atom. The van der Waals surface area contributed by atoms with Crippen molar-refractivity contribution in [1.29, 1.82) is 0 Å². The largest absolute Gasteiger partial charge is 0.496 e. The zero-order valence-electron chi connectivity index (χ0n) is 28.1. The number of hydrogen-bond donors (Lipinski definition) is 1. The van der Waals surface area contributed by atoms with Gasteiger partial charge >= 0.3 is 5.97 Å². The van der Waals surface area contributed by atoms with E-state index in [9.17, 15) is 14.0 Å². The Bertz CT molecular complexity index is 1780. The molecule has 48 heavy (non-hydrogen) atoms. The lowest BCUT2D eigenvalue weighted by Crippen LogP contribution is -2.52. The maximum Gasteiger partial charge on any atom is 0.332 e. The predicted molar refractivity (Wildman–Crippen MR) is 182 cm³/mol. The minimum absolute atomic E-state index is 0.0574. The van der Waals surface area contributed by atoms with Gasteiger partial charge in [-0.25, -0.2) is 9.18 Å². The standard InChI is InChI=1S/C38H41FN2O7/c1-24-12-13-27(39)18-33(24)47-22-31-29(16-17-32-36(31)41(5)37(43)38(3,4)40-32)30-15-14-28(19-34(30)44-6)46-20-25(2)48-35(42)23-45-21-26-10-8-7-9-11-26/h7-19,25,40H,20-23H2,1-6H3/t25-/m0/s1. The number of carbonyl (C=O) groups is 2. The van der Waals surface area contributed by atoms with Crippen LogP contribution in [0.25, 0.3) is 11.1 Å². The quantitative estimate of drug-likeness (QED) is 0.153. The molecule has 1 aliphatic heterocycles. The molecule has 1 amide bonds. The Hall–Kier alpha value is -5.09. The second-order valence-electron chi connectivity index (χ2n) is 12.3. The number of hydrogen-bond acceptors (Lipinski definition) is 8. The number of ether oxygens (including phenoxy) is 5. The lowest BCUT2D eigenvalue weighted by molar-refractivity contribution is -0.155. The van der Waals surface area contributed by atoms with Crippen molar-refractivity contribution in [2.24, 2.45) is 0 Å². The molecule has 252 valence electrons. The van der Waals surface area contributed by atoms with Crippen molar-refractivity contribution in [3.8, 4) is 28.4 Å². The molecular weight excluding hydrogens is 615 g/mol. The molecule has 0 bridgehead atoms. The molecular formula is C38H41FN2O7. The monoisotopic (exact) mass is 656 g/mol. The number of carbonyl (C=O) groups excluding carboxylic acids is 2. The van der Waals surface area contributed by atoms with Crippen LogP contribution in [-0.2, 0) is 32.3 Å². The van der Waals surface area contributed by atoms with E-state index in [2.05, 4.69) is 5.32 Å². The van der Waals surface area contributed by atoms with Crippen LogP contribution in [0.4, 0.5) is 15.8 Å². The molecule has 0 fully saturated rings. The van der Waals surface area contributed by atoms with Crippen LogP contribution in [0.15, 0.2) is 78.9 Å². The molecule has 0 saturated carbocycles. The summed E-state index contributed by atoms with van der Waals surface area (Å²) in [5.41, 5.74) is 4.61. The highest BCUT2D eigenvalue weighted by molar-refractivity contribution is 6.08. The maximum absolute atomic E-state index is 14.1. The van der Waals surface area contributed by atoms with Gasteiger partial charge in [0, 0.05) is 30.3 Å². The first-order chi connectivity index (χ1) is 23.0. The van der Waals surface area contributed by atoms with Crippen molar-refractivity contribution in [3.63, 3.8) is 0 Å². The van der Waals surface area contributed by atoms with E-state index in [0.29, 0.717) is 29.5 Å². The van der Waals surface area contributed by atoms with E-state index in [0.717, 1.165) is 33.5 Å². The minimum atomic E-state index is -0.808. The first-order valence-corrected chi connectivity index (χ1v) is 15.7. The van der Waals surface area contributed by atoms with Crippen molar-refractivity contribution in [2.45, 2.75) is 52.6 Å². The van der Waals surface area contributed by atoms with Gasteiger partial charge in [-0.15, -0.1) is 0 Å². The van der Waals surface area contributed by atoms with Crippen molar-refractivity contribution in [1.82, 2.24) is 0 Å². The Kier molecular flexibility index (Phi) is 10.5. The van der Waals surface area contributed by atoms with Crippen molar-refractivity contribution in [2.75, 3.05) is 37.6 Å². The number of esters is 1. The average molecular weight is 657 g/mol. The van der Waals surface area contributed by atoms with Crippen LogP contribution >= 0.6 is 0 Å². The molecule has 1 aliphatic rings. The molecule has 4 aromatic carbocycles. The molecule has 4 aromatic rings. The number of nitrogens with one attached hydrogen (secondary N) is 1. The number of rotatable bonds is 13. The van der Waals surface area contributed by atoms with Crippen LogP contribution in [0, 0.1) is 12.7 Å². The summed E-state index contributed by atoms with van der Waals surface area (Å²) in [7, 11) is 3.30. The van der Waals surface area contributed by atoms with Gasteiger partial charge in [-0.05, 0) is 68.7 Å². The fraction of sp³-hybridized carbons (Fsp3) is 0.316. The summed E-state index contributed by atoms with van der Waals surface area (Å²) in [5.74, 6) is 0.452. The van der Waals surface area contributed by atoms with Gasteiger partial charge in [0.2, 0.25) is 0 Å². The van der Waals surface area contributed by atoms with Gasteiger partial charge < -0.3 is 33.9 Å². The zero-order valence-corrected chi connectivity index (χ0v) is 28.1. The van der Waals surface area contributed by atoms with Crippen LogP contribution in [0.2, 0.25) is 0 Å². The highest BCUT2D eigenvalue weighted by Crippen LogP contribution is 2.45. The molecule has 0 aliphatic carbocycles. The van der Waals surface area contributed by atoms with Crippen LogP contribution < -0.4 is 24.4 Å². The third-order valence-corrected chi connectivity index (χ3v) is 8.04. The molecule has 0 aromatic heterocycles. The summed E-state index contributed by atoms with van der Waals surface area (Å²) in [6.45, 7) is 7.58.